The first kappa shape index (κ1) is 11.3. The summed E-state index contributed by atoms with van der Waals surface area (Å²) in [5.74, 6) is 0.325. The summed E-state index contributed by atoms with van der Waals surface area (Å²) in [5.41, 5.74) is 5.00. The number of aliphatic hydroxyl groups is 1. The van der Waals surface area contributed by atoms with Crippen molar-refractivity contribution in [1.82, 2.24) is 5.32 Å². The van der Waals surface area contributed by atoms with Crippen molar-refractivity contribution in [2.45, 2.75) is 51.2 Å². The second-order valence-electron chi connectivity index (χ2n) is 4.19. The van der Waals surface area contributed by atoms with E-state index >= 15 is 0 Å². The fraction of sp³-hybridized carbons (Fsp3) is 0.900. The highest BCUT2D eigenvalue weighted by Crippen LogP contribution is 2.27. The number of nitrogens with one attached hydrogen (secondary N) is 1. The van der Waals surface area contributed by atoms with Gasteiger partial charge in [0.25, 0.3) is 0 Å². The minimum Gasteiger partial charge on any atom is -0.391 e. The molecule has 1 aliphatic rings. The maximum absolute atomic E-state index is 10.6. The lowest BCUT2D eigenvalue weighted by molar-refractivity contribution is 0.0588. The Labute approximate surface area is 84.9 Å². The van der Waals surface area contributed by atoms with Crippen LogP contribution in [-0.2, 0) is 0 Å². The number of aliphatic hydroxyl groups excluding tert-OH is 1. The van der Waals surface area contributed by atoms with Gasteiger partial charge in [-0.15, -0.1) is 0 Å². The zero-order valence-corrected chi connectivity index (χ0v) is 8.70. The lowest BCUT2D eigenvalue weighted by Crippen LogP contribution is -2.46. The van der Waals surface area contributed by atoms with Crippen molar-refractivity contribution in [3.63, 3.8) is 0 Å². The van der Waals surface area contributed by atoms with Crippen LogP contribution in [0.4, 0.5) is 4.79 Å². The number of hydrogen-bond donors (Lipinski definition) is 3. The summed E-state index contributed by atoms with van der Waals surface area (Å²) in [6, 6.07) is -0.803. The molecule has 0 saturated heterocycles. The zero-order valence-electron chi connectivity index (χ0n) is 8.70. The Bertz CT molecular complexity index is 191. The Morgan fingerprint density at radius 2 is 2.00 bits per heavy atom. The van der Waals surface area contributed by atoms with E-state index in [4.69, 9.17) is 5.73 Å². The largest absolute Gasteiger partial charge is 0.391 e. The molecule has 1 saturated carbocycles. The molecule has 1 fully saturated rings. The van der Waals surface area contributed by atoms with Crippen LogP contribution in [0.1, 0.15) is 39.0 Å². The van der Waals surface area contributed by atoms with Crippen molar-refractivity contribution in [3.05, 3.63) is 0 Å². The first-order valence-electron chi connectivity index (χ1n) is 5.35. The van der Waals surface area contributed by atoms with E-state index in [-0.39, 0.29) is 6.04 Å². The van der Waals surface area contributed by atoms with Crippen LogP contribution in [-0.4, -0.2) is 23.3 Å². The highest BCUT2D eigenvalue weighted by Gasteiger charge is 2.26. The van der Waals surface area contributed by atoms with Crippen LogP contribution in [0, 0.1) is 5.92 Å². The van der Waals surface area contributed by atoms with Gasteiger partial charge in [-0.1, -0.05) is 19.3 Å². The maximum Gasteiger partial charge on any atom is 0.312 e. The van der Waals surface area contributed by atoms with Gasteiger partial charge in [0.1, 0.15) is 0 Å². The first-order chi connectivity index (χ1) is 6.61. The monoisotopic (exact) mass is 200 g/mol. The van der Waals surface area contributed by atoms with E-state index in [1.165, 1.54) is 19.3 Å². The molecule has 2 atom stereocenters. The van der Waals surface area contributed by atoms with E-state index in [9.17, 15) is 9.90 Å². The molecule has 4 nitrogen and oxygen atoms in total. The number of carbonyl (C=O) groups is 1. The van der Waals surface area contributed by atoms with Crippen LogP contribution in [0.25, 0.3) is 0 Å². The van der Waals surface area contributed by atoms with Crippen LogP contribution < -0.4 is 11.1 Å². The van der Waals surface area contributed by atoms with Gasteiger partial charge in [-0.3, -0.25) is 0 Å². The molecule has 0 aromatic rings. The summed E-state index contributed by atoms with van der Waals surface area (Å²) in [4.78, 5) is 10.6. The molecular formula is C10H20N2O2. The predicted octanol–water partition coefficient (Wildman–Crippen LogP) is 0.984. The van der Waals surface area contributed by atoms with Gasteiger partial charge >= 0.3 is 6.03 Å². The predicted molar refractivity (Wildman–Crippen MR) is 54.8 cm³/mol. The van der Waals surface area contributed by atoms with Gasteiger partial charge in [-0.2, -0.15) is 0 Å². The summed E-state index contributed by atoms with van der Waals surface area (Å²) in [6.07, 6.45) is 5.30. The Morgan fingerprint density at radius 1 is 1.43 bits per heavy atom. The van der Waals surface area contributed by atoms with Gasteiger partial charge in [-0.25, -0.2) is 4.79 Å². The standard InChI is InChI=1S/C10H20N2O2/c1-7(12-10(11)14)9(13)8-5-3-2-4-6-8/h7-9,13H,2-6H2,1H3,(H3,11,12,14)/t7-,9-/m1/s1. The molecule has 0 heterocycles. The fourth-order valence-corrected chi connectivity index (χ4v) is 2.19. The number of amides is 2. The lowest BCUT2D eigenvalue weighted by atomic mass is 9.83. The van der Waals surface area contributed by atoms with Crippen molar-refractivity contribution in [3.8, 4) is 0 Å². The summed E-state index contributed by atoms with van der Waals surface area (Å²) < 4.78 is 0. The van der Waals surface area contributed by atoms with Crippen LogP contribution in [0.2, 0.25) is 0 Å². The summed E-state index contributed by atoms with van der Waals surface area (Å²) in [5, 5.41) is 12.4. The van der Waals surface area contributed by atoms with Crippen molar-refractivity contribution in [2.75, 3.05) is 0 Å². The second kappa shape index (κ2) is 5.20. The second-order valence-corrected chi connectivity index (χ2v) is 4.19. The Morgan fingerprint density at radius 3 is 2.50 bits per heavy atom. The normalized spacial score (nSPS) is 22.7. The van der Waals surface area contributed by atoms with E-state index in [0.29, 0.717) is 5.92 Å². The van der Waals surface area contributed by atoms with E-state index in [1.54, 1.807) is 6.92 Å². The van der Waals surface area contributed by atoms with Gasteiger partial charge in [0.05, 0.1) is 12.1 Å². The molecule has 0 spiro atoms. The Balaban J connectivity index is 2.37. The van der Waals surface area contributed by atoms with E-state index in [2.05, 4.69) is 5.32 Å². The molecule has 0 aromatic carbocycles. The highest BCUT2D eigenvalue weighted by atomic mass is 16.3. The van der Waals surface area contributed by atoms with Crippen molar-refractivity contribution in [1.29, 1.82) is 0 Å². The molecule has 0 radical (unpaired) electrons. The molecule has 4 heteroatoms. The molecule has 2 amide bonds. The number of nitrogens with two attached hydrogens (primary N) is 1. The topological polar surface area (TPSA) is 75.3 Å². The summed E-state index contributed by atoms with van der Waals surface area (Å²) in [7, 11) is 0. The van der Waals surface area contributed by atoms with Crippen LogP contribution in [0.3, 0.4) is 0 Å². The van der Waals surface area contributed by atoms with Crippen molar-refractivity contribution >= 4 is 6.03 Å². The number of rotatable bonds is 3. The first-order valence-corrected chi connectivity index (χ1v) is 5.35. The third-order valence-electron chi connectivity index (χ3n) is 3.02. The zero-order chi connectivity index (χ0) is 10.6. The average Bonchev–Trinajstić information content (AvgIpc) is 2.17. The quantitative estimate of drug-likeness (QED) is 0.635. The molecule has 14 heavy (non-hydrogen) atoms. The molecular weight excluding hydrogens is 180 g/mol. The maximum atomic E-state index is 10.6. The summed E-state index contributed by atoms with van der Waals surface area (Å²) in [6.45, 7) is 1.80. The number of urea groups is 1. The number of hydrogen-bond acceptors (Lipinski definition) is 2. The minimum absolute atomic E-state index is 0.240. The van der Waals surface area contributed by atoms with Crippen LogP contribution in [0.15, 0.2) is 0 Å². The van der Waals surface area contributed by atoms with Crippen molar-refractivity contribution < 1.29 is 9.90 Å². The molecule has 0 unspecified atom stereocenters. The van der Waals surface area contributed by atoms with Gasteiger partial charge in [0.2, 0.25) is 0 Å². The van der Waals surface area contributed by atoms with Crippen molar-refractivity contribution in [2.24, 2.45) is 11.7 Å². The van der Waals surface area contributed by atoms with E-state index < -0.39 is 12.1 Å². The third kappa shape index (κ3) is 3.18. The van der Waals surface area contributed by atoms with Crippen LogP contribution in [0.5, 0.6) is 0 Å². The molecule has 0 aromatic heterocycles. The van der Waals surface area contributed by atoms with Gasteiger partial charge in [0, 0.05) is 0 Å². The molecule has 0 aliphatic heterocycles. The van der Waals surface area contributed by atoms with Gasteiger partial charge in [-0.05, 0) is 25.7 Å². The Kier molecular flexibility index (Phi) is 4.20. The molecule has 1 aliphatic carbocycles. The SMILES string of the molecule is C[C@@H](NC(N)=O)[C@@H](O)C1CCCCC1. The third-order valence-corrected chi connectivity index (χ3v) is 3.02. The fourth-order valence-electron chi connectivity index (χ4n) is 2.19. The Hall–Kier alpha value is -0.770. The van der Waals surface area contributed by atoms with E-state index in [1.807, 2.05) is 0 Å². The summed E-state index contributed by atoms with van der Waals surface area (Å²) >= 11 is 0. The smallest absolute Gasteiger partial charge is 0.312 e. The van der Waals surface area contributed by atoms with Crippen LogP contribution >= 0.6 is 0 Å². The van der Waals surface area contributed by atoms with Gasteiger partial charge < -0.3 is 16.2 Å². The van der Waals surface area contributed by atoms with Gasteiger partial charge in [0.15, 0.2) is 0 Å². The lowest BCUT2D eigenvalue weighted by Gasteiger charge is -2.30. The molecule has 4 N–H and O–H groups in total. The molecule has 1 rings (SSSR count). The molecule has 82 valence electrons. The number of primary amides is 1. The molecule has 0 bridgehead atoms. The highest BCUT2D eigenvalue weighted by molar-refractivity contribution is 5.71. The number of carbonyl (C=O) groups excluding carboxylic acids is 1. The minimum atomic E-state index is -0.563. The van der Waals surface area contributed by atoms with E-state index in [0.717, 1.165) is 12.8 Å². The average molecular weight is 200 g/mol.